The molecule has 0 radical (unpaired) electrons. The highest BCUT2D eigenvalue weighted by Gasteiger charge is 2.15. The van der Waals surface area contributed by atoms with Gasteiger partial charge in [0.05, 0.1) is 12.9 Å². The molecule has 0 aliphatic heterocycles. The van der Waals surface area contributed by atoms with Crippen LogP contribution in [0.3, 0.4) is 0 Å². The number of aromatic nitrogens is 2. The summed E-state index contributed by atoms with van der Waals surface area (Å²) < 4.78 is 12.6. The zero-order chi connectivity index (χ0) is 21.7. The Labute approximate surface area is 170 Å². The molecule has 0 bridgehead atoms. The van der Waals surface area contributed by atoms with Crippen LogP contribution in [-0.2, 0) is 11.3 Å². The molecule has 158 valence electrons. The highest BCUT2D eigenvalue weighted by molar-refractivity contribution is 5.92. The van der Waals surface area contributed by atoms with Crippen molar-refractivity contribution in [2.45, 2.75) is 32.7 Å². The van der Waals surface area contributed by atoms with E-state index in [1.165, 1.54) is 16.9 Å². The van der Waals surface area contributed by atoms with Crippen molar-refractivity contribution >= 4 is 23.0 Å². The number of rotatable bonds is 9. The minimum Gasteiger partial charge on any atom is -0.504 e. The Morgan fingerprint density at radius 3 is 2.87 bits per heavy atom. The van der Waals surface area contributed by atoms with Crippen LogP contribution in [0.1, 0.15) is 30.4 Å². The van der Waals surface area contributed by atoms with Crippen LogP contribution in [0, 0.1) is 6.92 Å². The molecule has 0 aliphatic rings. The van der Waals surface area contributed by atoms with Crippen LogP contribution >= 0.6 is 0 Å². The van der Waals surface area contributed by atoms with E-state index in [9.17, 15) is 19.5 Å². The summed E-state index contributed by atoms with van der Waals surface area (Å²) in [6, 6.07) is 3.31. The van der Waals surface area contributed by atoms with Crippen LogP contribution in [0.4, 0.5) is 0 Å². The predicted octanol–water partition coefficient (Wildman–Crippen LogP) is 2.64. The third-order valence-electron chi connectivity index (χ3n) is 4.59. The van der Waals surface area contributed by atoms with Crippen LogP contribution in [-0.4, -0.2) is 32.3 Å². The van der Waals surface area contributed by atoms with Gasteiger partial charge in [-0.1, -0.05) is 0 Å². The number of aromatic amines is 1. The van der Waals surface area contributed by atoms with Crippen molar-refractivity contribution in [1.29, 1.82) is 0 Å². The van der Waals surface area contributed by atoms with Gasteiger partial charge in [0.1, 0.15) is 0 Å². The van der Waals surface area contributed by atoms with Gasteiger partial charge in [-0.05, 0) is 44.4 Å². The summed E-state index contributed by atoms with van der Waals surface area (Å²) in [5, 5.41) is 19.9. The first kappa shape index (κ1) is 21.0. The molecule has 0 saturated carbocycles. The Hall–Kier alpha value is -3.75. The third kappa shape index (κ3) is 4.80. The SMILES string of the molecule is Cc1cn(CCCCCOc2c(O)c(/C=C/C(=O)O)cc3ccoc23)c(=O)[nH]c1=O. The normalized spacial score (nSPS) is 11.4. The predicted molar refractivity (Wildman–Crippen MR) is 110 cm³/mol. The number of carboxylic acids is 1. The van der Waals surface area contributed by atoms with E-state index < -0.39 is 11.7 Å². The van der Waals surface area contributed by atoms with Crippen molar-refractivity contribution in [2.75, 3.05) is 6.61 Å². The quantitative estimate of drug-likeness (QED) is 0.362. The zero-order valence-corrected chi connectivity index (χ0v) is 16.4. The minimum absolute atomic E-state index is 0.162. The molecule has 0 atom stereocenters. The smallest absolute Gasteiger partial charge is 0.328 e. The fourth-order valence-corrected chi connectivity index (χ4v) is 3.03. The molecule has 3 rings (SSSR count). The number of carboxylic acid groups (broad SMARTS) is 1. The number of unbranched alkanes of at least 4 members (excludes halogenated alkanes) is 2. The summed E-state index contributed by atoms with van der Waals surface area (Å²) in [4.78, 5) is 36.2. The first-order valence-corrected chi connectivity index (χ1v) is 9.44. The average Bonchev–Trinajstić information content (AvgIpc) is 3.16. The molecule has 2 aromatic heterocycles. The van der Waals surface area contributed by atoms with Gasteiger partial charge in [0.25, 0.3) is 5.56 Å². The lowest BCUT2D eigenvalue weighted by molar-refractivity contribution is -0.131. The summed E-state index contributed by atoms with van der Waals surface area (Å²) in [6.45, 7) is 2.42. The number of aromatic hydroxyl groups is 1. The second-order valence-corrected chi connectivity index (χ2v) is 6.83. The van der Waals surface area contributed by atoms with Crippen LogP contribution in [0.25, 0.3) is 17.0 Å². The first-order chi connectivity index (χ1) is 14.4. The fourth-order valence-electron chi connectivity index (χ4n) is 3.03. The number of nitrogens with zero attached hydrogens (tertiary/aromatic N) is 1. The molecule has 0 spiro atoms. The monoisotopic (exact) mass is 414 g/mol. The molecular weight excluding hydrogens is 392 g/mol. The molecule has 3 aromatic rings. The van der Waals surface area contributed by atoms with Gasteiger partial charge in [-0.3, -0.25) is 9.78 Å². The minimum atomic E-state index is -1.12. The molecule has 30 heavy (non-hydrogen) atoms. The average molecular weight is 414 g/mol. The maximum atomic E-state index is 11.8. The van der Waals surface area contributed by atoms with E-state index in [1.807, 2.05) is 0 Å². The van der Waals surface area contributed by atoms with Gasteiger partial charge in [-0.2, -0.15) is 0 Å². The number of aryl methyl sites for hydroxylation is 2. The number of ether oxygens (including phenoxy) is 1. The molecule has 1 aromatic carbocycles. The van der Waals surface area contributed by atoms with Crippen LogP contribution in [0.2, 0.25) is 0 Å². The van der Waals surface area contributed by atoms with E-state index in [4.69, 9.17) is 14.3 Å². The van der Waals surface area contributed by atoms with Gasteiger partial charge >= 0.3 is 11.7 Å². The van der Waals surface area contributed by atoms with Crippen molar-refractivity contribution in [3.8, 4) is 11.5 Å². The highest BCUT2D eigenvalue weighted by atomic mass is 16.5. The fraction of sp³-hybridized carbons (Fsp3) is 0.286. The lowest BCUT2D eigenvalue weighted by atomic mass is 10.1. The highest BCUT2D eigenvalue weighted by Crippen LogP contribution is 2.39. The van der Waals surface area contributed by atoms with Crippen molar-refractivity contribution in [2.24, 2.45) is 0 Å². The van der Waals surface area contributed by atoms with Crippen molar-refractivity contribution in [3.63, 3.8) is 0 Å². The number of aliphatic carboxylic acids is 1. The largest absolute Gasteiger partial charge is 0.504 e. The summed E-state index contributed by atoms with van der Waals surface area (Å²) in [7, 11) is 0. The number of carbonyl (C=O) groups is 1. The molecule has 0 saturated heterocycles. The molecule has 3 N–H and O–H groups in total. The lowest BCUT2D eigenvalue weighted by Crippen LogP contribution is -2.30. The van der Waals surface area contributed by atoms with Gasteiger partial charge in [-0.15, -0.1) is 0 Å². The van der Waals surface area contributed by atoms with Crippen LogP contribution < -0.4 is 16.0 Å². The molecular formula is C21H22N2O7. The Morgan fingerprint density at radius 2 is 2.10 bits per heavy atom. The number of hydrogen-bond donors (Lipinski definition) is 3. The van der Waals surface area contributed by atoms with E-state index in [0.29, 0.717) is 48.1 Å². The number of phenolic OH excluding ortho intramolecular Hbond substituents is 1. The second kappa shape index (κ2) is 9.17. The summed E-state index contributed by atoms with van der Waals surface area (Å²) in [5.41, 5.74) is 0.365. The topological polar surface area (TPSA) is 135 Å². The van der Waals surface area contributed by atoms with Gasteiger partial charge in [0, 0.05) is 35.3 Å². The molecule has 0 amide bonds. The number of H-pyrrole nitrogens is 1. The van der Waals surface area contributed by atoms with Crippen molar-refractivity contribution < 1.29 is 24.2 Å². The summed E-state index contributed by atoms with van der Waals surface area (Å²) >= 11 is 0. The number of fused-ring (bicyclic) bond motifs is 1. The second-order valence-electron chi connectivity index (χ2n) is 6.83. The molecule has 2 heterocycles. The van der Waals surface area contributed by atoms with E-state index in [0.717, 1.165) is 12.5 Å². The number of nitrogens with one attached hydrogen (secondary N) is 1. The van der Waals surface area contributed by atoms with E-state index in [1.54, 1.807) is 25.3 Å². The Morgan fingerprint density at radius 1 is 1.30 bits per heavy atom. The van der Waals surface area contributed by atoms with Gasteiger partial charge < -0.3 is 23.9 Å². The lowest BCUT2D eigenvalue weighted by Gasteiger charge is -2.11. The molecule has 9 nitrogen and oxygen atoms in total. The maximum absolute atomic E-state index is 11.8. The van der Waals surface area contributed by atoms with E-state index in [-0.39, 0.29) is 17.1 Å². The van der Waals surface area contributed by atoms with Gasteiger partial charge in [-0.25, -0.2) is 9.59 Å². The van der Waals surface area contributed by atoms with E-state index >= 15 is 0 Å². The number of furan rings is 1. The van der Waals surface area contributed by atoms with Gasteiger partial charge in [0.15, 0.2) is 11.3 Å². The van der Waals surface area contributed by atoms with Crippen molar-refractivity contribution in [3.05, 3.63) is 62.6 Å². The Kier molecular flexibility index (Phi) is 6.41. The standard InChI is InChI=1S/C21H22N2O7/c1-13-12-23(21(28)22-20(13)27)8-3-2-4-9-29-19-17(26)14(5-6-16(24)25)11-15-7-10-30-18(15)19/h5-7,10-12,26H,2-4,8-9H2,1H3,(H,24,25)(H,22,27,28)/b6-5+. The number of hydrogen-bond acceptors (Lipinski definition) is 6. The van der Waals surface area contributed by atoms with Crippen molar-refractivity contribution in [1.82, 2.24) is 9.55 Å². The number of phenols is 1. The van der Waals surface area contributed by atoms with Gasteiger partial charge in [0.2, 0.25) is 5.75 Å². The molecule has 0 fully saturated rings. The van der Waals surface area contributed by atoms with Crippen LogP contribution in [0.15, 0.2) is 44.7 Å². The number of benzene rings is 1. The first-order valence-electron chi connectivity index (χ1n) is 9.44. The Balaban J connectivity index is 1.60. The zero-order valence-electron chi connectivity index (χ0n) is 16.4. The third-order valence-corrected chi connectivity index (χ3v) is 4.59. The summed E-state index contributed by atoms with van der Waals surface area (Å²) in [6.07, 6.45) is 7.36. The molecule has 0 unspecified atom stereocenters. The Bertz CT molecular complexity index is 1200. The van der Waals surface area contributed by atoms with Crippen LogP contribution in [0.5, 0.6) is 11.5 Å². The molecule has 0 aliphatic carbocycles. The maximum Gasteiger partial charge on any atom is 0.328 e. The molecule has 9 heteroatoms. The van der Waals surface area contributed by atoms with E-state index in [2.05, 4.69) is 4.98 Å². The summed E-state index contributed by atoms with van der Waals surface area (Å²) in [5.74, 6) is -1.15.